The summed E-state index contributed by atoms with van der Waals surface area (Å²) in [5.41, 5.74) is 5.52. The standard InChI is InChI=1S/C32H39NO2/c1-4-6-10-24-34-26(3)11-8-7-9-12-27-13-15-29(16-14-27)32-22-19-30(25-33-32)28-17-20-31(21-18-28)35-23-5-2/h5,9,12-22,25-26H,2,4,6-8,10-11,23-24H2,1,3H3/b12-9+. The number of aromatic nitrogens is 1. The number of unbranched alkanes of at least 4 members (excludes halogenated alkanes) is 3. The van der Waals surface area contributed by atoms with E-state index in [1.807, 2.05) is 18.3 Å². The van der Waals surface area contributed by atoms with Crippen LogP contribution >= 0.6 is 0 Å². The fraction of sp³-hybridized carbons (Fsp3) is 0.344. The summed E-state index contributed by atoms with van der Waals surface area (Å²) < 4.78 is 11.4. The summed E-state index contributed by atoms with van der Waals surface area (Å²) in [6.45, 7) is 9.49. The molecule has 0 aliphatic heterocycles. The van der Waals surface area contributed by atoms with Crippen molar-refractivity contribution in [3.63, 3.8) is 0 Å². The molecule has 3 aromatic rings. The number of rotatable bonds is 15. The molecule has 0 aliphatic rings. The number of benzene rings is 2. The predicted molar refractivity (Wildman–Crippen MR) is 149 cm³/mol. The average molecular weight is 470 g/mol. The van der Waals surface area contributed by atoms with Gasteiger partial charge in [-0.15, -0.1) is 0 Å². The van der Waals surface area contributed by atoms with Gasteiger partial charge in [-0.3, -0.25) is 4.98 Å². The third-order valence-corrected chi connectivity index (χ3v) is 5.97. The van der Waals surface area contributed by atoms with Gasteiger partial charge in [-0.25, -0.2) is 0 Å². The van der Waals surface area contributed by atoms with Crippen LogP contribution in [0, 0.1) is 0 Å². The molecule has 35 heavy (non-hydrogen) atoms. The number of ether oxygens (including phenoxy) is 2. The Kier molecular flexibility index (Phi) is 11.3. The highest BCUT2D eigenvalue weighted by atomic mass is 16.5. The van der Waals surface area contributed by atoms with E-state index in [-0.39, 0.29) is 0 Å². The molecule has 1 atom stereocenters. The predicted octanol–water partition coefficient (Wildman–Crippen LogP) is 8.76. The van der Waals surface area contributed by atoms with E-state index in [9.17, 15) is 0 Å². The first-order valence-electron chi connectivity index (χ1n) is 12.9. The van der Waals surface area contributed by atoms with Crippen LogP contribution in [-0.4, -0.2) is 24.3 Å². The van der Waals surface area contributed by atoms with Crippen molar-refractivity contribution in [3.05, 3.63) is 91.2 Å². The van der Waals surface area contributed by atoms with Crippen LogP contribution in [-0.2, 0) is 4.74 Å². The zero-order chi connectivity index (χ0) is 24.7. The first-order chi connectivity index (χ1) is 17.2. The van der Waals surface area contributed by atoms with Gasteiger partial charge in [0.25, 0.3) is 0 Å². The minimum absolute atomic E-state index is 0.356. The Morgan fingerprint density at radius 2 is 1.63 bits per heavy atom. The van der Waals surface area contributed by atoms with Gasteiger partial charge >= 0.3 is 0 Å². The van der Waals surface area contributed by atoms with E-state index in [2.05, 4.69) is 86.1 Å². The molecule has 184 valence electrons. The van der Waals surface area contributed by atoms with E-state index in [1.54, 1.807) is 6.08 Å². The zero-order valence-corrected chi connectivity index (χ0v) is 21.3. The second-order valence-corrected chi connectivity index (χ2v) is 8.90. The molecule has 0 radical (unpaired) electrons. The molecule has 1 aromatic heterocycles. The Morgan fingerprint density at radius 3 is 2.31 bits per heavy atom. The molecular weight excluding hydrogens is 430 g/mol. The van der Waals surface area contributed by atoms with Gasteiger partial charge in [0.2, 0.25) is 0 Å². The minimum atomic E-state index is 0.356. The Hall–Kier alpha value is -3.17. The van der Waals surface area contributed by atoms with Gasteiger partial charge in [-0.05, 0) is 61.9 Å². The molecule has 1 unspecified atom stereocenters. The molecule has 3 nitrogen and oxygen atoms in total. The van der Waals surface area contributed by atoms with Crippen molar-refractivity contribution < 1.29 is 9.47 Å². The highest BCUT2D eigenvalue weighted by Gasteiger charge is 2.03. The fourth-order valence-electron chi connectivity index (χ4n) is 3.86. The van der Waals surface area contributed by atoms with E-state index in [0.717, 1.165) is 54.0 Å². The molecular formula is C32H39NO2. The Labute approximate surface area is 211 Å². The quantitative estimate of drug-likeness (QED) is 0.165. The van der Waals surface area contributed by atoms with Crippen molar-refractivity contribution in [3.8, 4) is 28.1 Å². The van der Waals surface area contributed by atoms with E-state index in [4.69, 9.17) is 9.47 Å². The summed E-state index contributed by atoms with van der Waals surface area (Å²) in [7, 11) is 0. The number of nitrogens with zero attached hydrogens (tertiary/aromatic N) is 1. The van der Waals surface area contributed by atoms with Gasteiger partial charge in [-0.2, -0.15) is 0 Å². The molecule has 0 N–H and O–H groups in total. The van der Waals surface area contributed by atoms with Crippen LogP contribution in [0.15, 0.2) is 85.6 Å². The van der Waals surface area contributed by atoms with Gasteiger partial charge in [0.1, 0.15) is 12.4 Å². The highest BCUT2D eigenvalue weighted by Crippen LogP contribution is 2.25. The Bertz CT molecular complexity index is 1020. The number of allylic oxidation sites excluding steroid dienone is 1. The fourth-order valence-corrected chi connectivity index (χ4v) is 3.86. The average Bonchev–Trinajstić information content (AvgIpc) is 2.90. The van der Waals surface area contributed by atoms with Gasteiger partial charge in [0, 0.05) is 23.9 Å². The molecule has 3 heteroatoms. The zero-order valence-electron chi connectivity index (χ0n) is 21.3. The summed E-state index contributed by atoms with van der Waals surface area (Å²) in [5.74, 6) is 0.841. The minimum Gasteiger partial charge on any atom is -0.490 e. The molecule has 0 fully saturated rings. The summed E-state index contributed by atoms with van der Waals surface area (Å²) in [4.78, 5) is 4.69. The van der Waals surface area contributed by atoms with E-state index < -0.39 is 0 Å². The number of hydrogen-bond acceptors (Lipinski definition) is 3. The summed E-state index contributed by atoms with van der Waals surface area (Å²) in [6.07, 6.45) is 15.5. The van der Waals surface area contributed by atoms with Crippen molar-refractivity contribution in [1.29, 1.82) is 0 Å². The van der Waals surface area contributed by atoms with Crippen LogP contribution < -0.4 is 4.74 Å². The third-order valence-electron chi connectivity index (χ3n) is 5.97. The van der Waals surface area contributed by atoms with E-state index in [0.29, 0.717) is 12.7 Å². The van der Waals surface area contributed by atoms with Crippen molar-refractivity contribution in [1.82, 2.24) is 4.98 Å². The molecule has 0 saturated carbocycles. The van der Waals surface area contributed by atoms with E-state index in [1.165, 1.54) is 24.8 Å². The van der Waals surface area contributed by atoms with Crippen LogP contribution in [0.5, 0.6) is 5.75 Å². The second kappa shape index (κ2) is 15.0. The Balaban J connectivity index is 1.45. The summed E-state index contributed by atoms with van der Waals surface area (Å²) in [6, 6.07) is 20.8. The molecule has 0 bridgehead atoms. The molecule has 0 aliphatic carbocycles. The first kappa shape index (κ1) is 26.4. The van der Waals surface area contributed by atoms with Crippen LogP contribution in [0.25, 0.3) is 28.5 Å². The molecule has 1 heterocycles. The molecule has 0 saturated heterocycles. The van der Waals surface area contributed by atoms with Gasteiger partial charge < -0.3 is 9.47 Å². The maximum absolute atomic E-state index is 5.88. The van der Waals surface area contributed by atoms with E-state index >= 15 is 0 Å². The molecule has 2 aromatic carbocycles. The number of hydrogen-bond donors (Lipinski definition) is 0. The third kappa shape index (κ3) is 9.18. The van der Waals surface area contributed by atoms with Crippen LogP contribution in [0.1, 0.15) is 57.9 Å². The van der Waals surface area contributed by atoms with Crippen molar-refractivity contribution in [2.75, 3.05) is 13.2 Å². The highest BCUT2D eigenvalue weighted by molar-refractivity contribution is 5.68. The van der Waals surface area contributed by atoms with Gasteiger partial charge in [-0.1, -0.05) is 87.0 Å². The van der Waals surface area contributed by atoms with Gasteiger partial charge in [0.15, 0.2) is 0 Å². The topological polar surface area (TPSA) is 31.4 Å². The second-order valence-electron chi connectivity index (χ2n) is 8.90. The monoisotopic (exact) mass is 469 g/mol. The first-order valence-corrected chi connectivity index (χ1v) is 12.9. The number of pyridine rings is 1. The maximum atomic E-state index is 5.88. The van der Waals surface area contributed by atoms with Crippen LogP contribution in [0.4, 0.5) is 0 Å². The van der Waals surface area contributed by atoms with Crippen molar-refractivity contribution >= 4 is 6.08 Å². The van der Waals surface area contributed by atoms with Gasteiger partial charge in [0.05, 0.1) is 11.8 Å². The Morgan fingerprint density at radius 1 is 0.886 bits per heavy atom. The van der Waals surface area contributed by atoms with Crippen molar-refractivity contribution in [2.24, 2.45) is 0 Å². The summed E-state index contributed by atoms with van der Waals surface area (Å²) >= 11 is 0. The lowest BCUT2D eigenvalue weighted by Crippen LogP contribution is -2.08. The smallest absolute Gasteiger partial charge is 0.119 e. The summed E-state index contributed by atoms with van der Waals surface area (Å²) in [5, 5.41) is 0. The lowest BCUT2D eigenvalue weighted by atomic mass is 10.0. The maximum Gasteiger partial charge on any atom is 0.119 e. The van der Waals surface area contributed by atoms with Crippen molar-refractivity contribution in [2.45, 2.75) is 58.5 Å². The molecule has 0 amide bonds. The van der Waals surface area contributed by atoms with Crippen LogP contribution in [0.2, 0.25) is 0 Å². The normalized spacial score (nSPS) is 12.1. The van der Waals surface area contributed by atoms with Crippen LogP contribution in [0.3, 0.4) is 0 Å². The lowest BCUT2D eigenvalue weighted by Gasteiger charge is -2.12. The lowest BCUT2D eigenvalue weighted by molar-refractivity contribution is 0.0566. The molecule has 3 rings (SSSR count). The largest absolute Gasteiger partial charge is 0.490 e. The SMILES string of the molecule is C=CCOc1ccc(-c2ccc(-c3ccc(/C=C/CCCC(C)OCCCCC)cc3)nc2)cc1. The molecule has 0 spiro atoms.